The molecule has 0 unspecified atom stereocenters. The van der Waals surface area contributed by atoms with Gasteiger partial charge in [-0.3, -0.25) is 4.79 Å². The van der Waals surface area contributed by atoms with Gasteiger partial charge in [0.05, 0.1) is 10.6 Å². The maximum absolute atomic E-state index is 11.8. The first kappa shape index (κ1) is 11.2. The lowest BCUT2D eigenvalue weighted by atomic mass is 10.2. The molecule has 1 aliphatic rings. The van der Waals surface area contributed by atoms with Gasteiger partial charge in [-0.15, -0.1) is 0 Å². The minimum atomic E-state index is -0.0644. The third-order valence-electron chi connectivity index (χ3n) is 2.42. The fraction of sp³-hybridized carbons (Fsp3) is 0.364. The van der Waals surface area contributed by atoms with Gasteiger partial charge < -0.3 is 5.32 Å². The SMILES string of the molecule is O=C(NCC1CC1)c1cc(I)ccc1Cl. The van der Waals surface area contributed by atoms with Crippen molar-refractivity contribution in [3.8, 4) is 0 Å². The van der Waals surface area contributed by atoms with Gasteiger partial charge in [-0.05, 0) is 59.5 Å². The summed E-state index contributed by atoms with van der Waals surface area (Å²) in [5, 5.41) is 3.42. The van der Waals surface area contributed by atoms with Crippen LogP contribution in [0.1, 0.15) is 23.2 Å². The lowest BCUT2D eigenvalue weighted by Crippen LogP contribution is -2.25. The molecule has 15 heavy (non-hydrogen) atoms. The van der Waals surface area contributed by atoms with Crippen molar-refractivity contribution in [1.29, 1.82) is 0 Å². The van der Waals surface area contributed by atoms with Gasteiger partial charge in [0.2, 0.25) is 0 Å². The molecule has 0 radical (unpaired) electrons. The highest BCUT2D eigenvalue weighted by molar-refractivity contribution is 14.1. The fourth-order valence-electron chi connectivity index (χ4n) is 1.33. The number of nitrogens with one attached hydrogen (secondary N) is 1. The first-order valence-corrected chi connectivity index (χ1v) is 6.36. The second kappa shape index (κ2) is 4.70. The molecule has 80 valence electrons. The highest BCUT2D eigenvalue weighted by atomic mass is 127. The summed E-state index contributed by atoms with van der Waals surface area (Å²) >= 11 is 8.13. The first-order valence-electron chi connectivity index (χ1n) is 4.90. The van der Waals surface area contributed by atoms with Crippen molar-refractivity contribution < 1.29 is 4.79 Å². The van der Waals surface area contributed by atoms with Crippen LogP contribution in [-0.2, 0) is 0 Å². The summed E-state index contributed by atoms with van der Waals surface area (Å²) in [7, 11) is 0. The van der Waals surface area contributed by atoms with E-state index in [1.54, 1.807) is 6.07 Å². The standard InChI is InChI=1S/C11H11ClINO/c12-10-4-3-8(13)5-9(10)11(15)14-6-7-1-2-7/h3-5,7H,1-2,6H2,(H,14,15). The lowest BCUT2D eigenvalue weighted by Gasteiger charge is -2.06. The number of halogens is 2. The predicted molar refractivity (Wildman–Crippen MR) is 69.2 cm³/mol. The monoisotopic (exact) mass is 335 g/mol. The molecular formula is C11H11ClINO. The van der Waals surface area contributed by atoms with Crippen LogP contribution < -0.4 is 5.32 Å². The molecule has 0 aromatic heterocycles. The third-order valence-corrected chi connectivity index (χ3v) is 3.42. The Morgan fingerprint density at radius 2 is 2.27 bits per heavy atom. The Morgan fingerprint density at radius 1 is 1.53 bits per heavy atom. The summed E-state index contributed by atoms with van der Waals surface area (Å²) in [6.07, 6.45) is 2.47. The van der Waals surface area contributed by atoms with E-state index in [1.807, 2.05) is 12.1 Å². The minimum Gasteiger partial charge on any atom is -0.352 e. The quantitative estimate of drug-likeness (QED) is 0.845. The summed E-state index contributed by atoms with van der Waals surface area (Å²) in [6, 6.07) is 5.46. The highest BCUT2D eigenvalue weighted by Crippen LogP contribution is 2.28. The van der Waals surface area contributed by atoms with E-state index in [2.05, 4.69) is 27.9 Å². The van der Waals surface area contributed by atoms with Crippen LogP contribution in [0.2, 0.25) is 5.02 Å². The maximum Gasteiger partial charge on any atom is 0.252 e. The number of hydrogen-bond donors (Lipinski definition) is 1. The summed E-state index contributed by atoms with van der Waals surface area (Å²) in [5.41, 5.74) is 0.573. The molecule has 1 aromatic carbocycles. The van der Waals surface area contributed by atoms with Gasteiger partial charge in [-0.2, -0.15) is 0 Å². The molecule has 1 saturated carbocycles. The van der Waals surface area contributed by atoms with Crippen molar-refractivity contribution in [2.24, 2.45) is 5.92 Å². The Kier molecular flexibility index (Phi) is 3.51. The van der Waals surface area contributed by atoms with Crippen LogP contribution >= 0.6 is 34.2 Å². The highest BCUT2D eigenvalue weighted by Gasteiger charge is 2.22. The third kappa shape index (κ3) is 3.08. The maximum atomic E-state index is 11.8. The van der Waals surface area contributed by atoms with Gasteiger partial charge in [0.1, 0.15) is 0 Å². The molecule has 4 heteroatoms. The zero-order valence-corrected chi connectivity index (χ0v) is 11.0. The van der Waals surface area contributed by atoms with Crippen LogP contribution in [0.15, 0.2) is 18.2 Å². The molecule has 0 heterocycles. The molecule has 0 saturated heterocycles. The van der Waals surface area contributed by atoms with Crippen LogP contribution in [0.5, 0.6) is 0 Å². The molecule has 0 bridgehead atoms. The molecular weight excluding hydrogens is 324 g/mol. The topological polar surface area (TPSA) is 29.1 Å². The van der Waals surface area contributed by atoms with Crippen molar-refractivity contribution in [3.05, 3.63) is 32.4 Å². The molecule has 1 aliphatic carbocycles. The second-order valence-corrected chi connectivity index (χ2v) is 5.43. The first-order chi connectivity index (χ1) is 7.16. The molecule has 0 atom stereocenters. The van der Waals surface area contributed by atoms with E-state index in [0.717, 1.165) is 10.1 Å². The molecule has 2 nitrogen and oxygen atoms in total. The Morgan fingerprint density at radius 3 is 2.93 bits per heavy atom. The van der Waals surface area contributed by atoms with Crippen molar-refractivity contribution in [1.82, 2.24) is 5.32 Å². The zero-order valence-electron chi connectivity index (χ0n) is 8.09. The number of carbonyl (C=O) groups excluding carboxylic acids is 1. The van der Waals surface area contributed by atoms with Crippen LogP contribution in [-0.4, -0.2) is 12.5 Å². The van der Waals surface area contributed by atoms with E-state index in [4.69, 9.17) is 11.6 Å². The lowest BCUT2D eigenvalue weighted by molar-refractivity contribution is 0.0952. The molecule has 0 spiro atoms. The van der Waals surface area contributed by atoms with Gasteiger partial charge in [0.25, 0.3) is 5.91 Å². The van der Waals surface area contributed by atoms with Crippen LogP contribution in [0.4, 0.5) is 0 Å². The Hall–Kier alpha value is -0.290. The predicted octanol–water partition coefficient (Wildman–Crippen LogP) is 3.08. The smallest absolute Gasteiger partial charge is 0.252 e. The van der Waals surface area contributed by atoms with Crippen molar-refractivity contribution in [3.63, 3.8) is 0 Å². The van der Waals surface area contributed by atoms with E-state index in [1.165, 1.54) is 12.8 Å². The Balaban J connectivity index is 2.05. The van der Waals surface area contributed by atoms with E-state index < -0.39 is 0 Å². The van der Waals surface area contributed by atoms with E-state index in [0.29, 0.717) is 16.5 Å². The summed E-state index contributed by atoms with van der Waals surface area (Å²) in [4.78, 5) is 11.8. The van der Waals surface area contributed by atoms with Crippen LogP contribution in [0.25, 0.3) is 0 Å². The van der Waals surface area contributed by atoms with Crippen molar-refractivity contribution in [2.45, 2.75) is 12.8 Å². The average molecular weight is 336 g/mol. The van der Waals surface area contributed by atoms with Gasteiger partial charge in [0.15, 0.2) is 0 Å². The number of benzene rings is 1. The molecule has 1 amide bonds. The van der Waals surface area contributed by atoms with Gasteiger partial charge in [-0.1, -0.05) is 11.6 Å². The number of carbonyl (C=O) groups is 1. The summed E-state index contributed by atoms with van der Waals surface area (Å²) in [6.45, 7) is 0.778. The largest absolute Gasteiger partial charge is 0.352 e. The minimum absolute atomic E-state index is 0.0644. The van der Waals surface area contributed by atoms with Gasteiger partial charge >= 0.3 is 0 Å². The van der Waals surface area contributed by atoms with Gasteiger partial charge in [0, 0.05) is 10.1 Å². The number of hydrogen-bond acceptors (Lipinski definition) is 1. The van der Waals surface area contributed by atoms with Gasteiger partial charge in [-0.25, -0.2) is 0 Å². The van der Waals surface area contributed by atoms with Crippen molar-refractivity contribution in [2.75, 3.05) is 6.54 Å². The van der Waals surface area contributed by atoms with E-state index in [9.17, 15) is 4.79 Å². The summed E-state index contributed by atoms with van der Waals surface area (Å²) < 4.78 is 1.02. The molecule has 0 aliphatic heterocycles. The molecule has 1 N–H and O–H groups in total. The Bertz CT molecular complexity index is 390. The normalized spacial score (nSPS) is 15.1. The number of rotatable bonds is 3. The van der Waals surface area contributed by atoms with Crippen LogP contribution in [0.3, 0.4) is 0 Å². The summed E-state index contributed by atoms with van der Waals surface area (Å²) in [5.74, 6) is 0.626. The average Bonchev–Trinajstić information content (AvgIpc) is 3.02. The van der Waals surface area contributed by atoms with Crippen LogP contribution in [0, 0.1) is 9.49 Å². The molecule has 2 rings (SSSR count). The Labute approximate surface area is 108 Å². The second-order valence-electron chi connectivity index (χ2n) is 3.78. The number of amides is 1. The van der Waals surface area contributed by atoms with E-state index >= 15 is 0 Å². The van der Waals surface area contributed by atoms with Crippen molar-refractivity contribution >= 4 is 40.1 Å². The van der Waals surface area contributed by atoms with E-state index in [-0.39, 0.29) is 5.91 Å². The molecule has 1 aromatic rings. The zero-order chi connectivity index (χ0) is 10.8. The fourth-order valence-corrected chi connectivity index (χ4v) is 2.02. The molecule has 1 fully saturated rings.